The first-order valence-electron chi connectivity index (χ1n) is 2.96. The molecule has 0 heterocycles. The average molecular weight is 219 g/mol. The quantitative estimate of drug-likeness (QED) is 0.591. The van der Waals surface area contributed by atoms with Crippen LogP contribution in [0.25, 0.3) is 0 Å². The van der Waals surface area contributed by atoms with Crippen LogP contribution in [0.2, 0.25) is 0 Å². The summed E-state index contributed by atoms with van der Waals surface area (Å²) in [6.45, 7) is 3.01. The zero-order chi connectivity index (χ0) is 9.99. The molecule has 0 aliphatic carbocycles. The third kappa shape index (κ3) is 6.94. The highest BCUT2D eigenvalue weighted by atomic mass is 31.3. The molecule has 0 aromatic heterocycles. The molecule has 12 heavy (non-hydrogen) atoms. The molecule has 0 saturated carbocycles. The number of hydrogen-bond acceptors (Lipinski definition) is 4. The van der Waals surface area contributed by atoms with Crippen LogP contribution in [0.15, 0.2) is 0 Å². The molecule has 0 amide bonds. The Balaban J connectivity index is 4.25. The number of nitrogens with two attached hydrogens (primary N) is 1. The number of hydrogen-bond donors (Lipinski definition) is 3. The first-order valence-corrected chi connectivity index (χ1v) is 6.10. The summed E-state index contributed by atoms with van der Waals surface area (Å²) >= 11 is 0. The van der Waals surface area contributed by atoms with E-state index in [-0.39, 0.29) is 0 Å². The van der Waals surface area contributed by atoms with Gasteiger partial charge in [0, 0.05) is 0 Å². The van der Waals surface area contributed by atoms with Crippen molar-refractivity contribution < 1.29 is 27.8 Å². The van der Waals surface area contributed by atoms with E-state index in [2.05, 4.69) is 8.83 Å². The van der Waals surface area contributed by atoms with Crippen molar-refractivity contribution in [2.24, 2.45) is 5.50 Å². The largest absolute Gasteiger partial charge is 0.477 e. The number of phosphoric acid groups is 1. The maximum atomic E-state index is 10.9. The summed E-state index contributed by atoms with van der Waals surface area (Å²) in [5.74, 6) is 0. The molecule has 74 valence electrons. The van der Waals surface area contributed by atoms with E-state index >= 15 is 0 Å². The zero-order valence-electron chi connectivity index (χ0n) is 6.58. The minimum Gasteiger partial charge on any atom is -0.302 e. The summed E-state index contributed by atoms with van der Waals surface area (Å²) in [6, 6.07) is 0. The van der Waals surface area contributed by atoms with Gasteiger partial charge in [0.25, 0.3) is 0 Å². The summed E-state index contributed by atoms with van der Waals surface area (Å²) in [7, 11) is -8.99. The molecule has 0 radical (unpaired) electrons. The lowest BCUT2D eigenvalue weighted by molar-refractivity contribution is 0.190. The van der Waals surface area contributed by atoms with Crippen LogP contribution >= 0.6 is 15.6 Å². The Morgan fingerprint density at radius 3 is 2.00 bits per heavy atom. The topological polar surface area (TPSA) is 119 Å². The lowest BCUT2D eigenvalue weighted by Crippen LogP contribution is -2.08. The fourth-order valence-corrected chi connectivity index (χ4v) is 2.39. The van der Waals surface area contributed by atoms with Crippen molar-refractivity contribution in [1.29, 1.82) is 0 Å². The van der Waals surface area contributed by atoms with Gasteiger partial charge in [-0.05, 0) is 13.8 Å². The highest BCUT2D eigenvalue weighted by Gasteiger charge is 2.30. The molecule has 4 N–H and O–H groups in total. The molecule has 0 spiro atoms. The minimum absolute atomic E-state index is 0.535. The summed E-state index contributed by atoms with van der Waals surface area (Å²) in [5.41, 5.74) is 4.82. The van der Waals surface area contributed by atoms with Gasteiger partial charge in [-0.3, -0.25) is 4.52 Å². The van der Waals surface area contributed by atoms with Gasteiger partial charge in [-0.15, -0.1) is 0 Å². The van der Waals surface area contributed by atoms with Crippen LogP contribution in [-0.2, 0) is 18.0 Å². The molecule has 0 aliphatic heterocycles. The maximum absolute atomic E-state index is 10.9. The third-order valence-electron chi connectivity index (χ3n) is 0.578. The van der Waals surface area contributed by atoms with Gasteiger partial charge in [0.1, 0.15) is 0 Å². The van der Waals surface area contributed by atoms with Crippen molar-refractivity contribution in [3.63, 3.8) is 0 Å². The van der Waals surface area contributed by atoms with Crippen LogP contribution in [0.1, 0.15) is 13.8 Å². The average Bonchev–Trinajstić information content (AvgIpc) is 1.48. The molecule has 0 aromatic carbocycles. The minimum atomic E-state index is -4.86. The van der Waals surface area contributed by atoms with Gasteiger partial charge >= 0.3 is 15.6 Å². The van der Waals surface area contributed by atoms with Crippen molar-refractivity contribution in [2.75, 3.05) is 0 Å². The zero-order valence-corrected chi connectivity index (χ0v) is 8.37. The van der Waals surface area contributed by atoms with Gasteiger partial charge in [0.2, 0.25) is 0 Å². The fourth-order valence-electron chi connectivity index (χ4n) is 0.461. The van der Waals surface area contributed by atoms with Gasteiger partial charge < -0.3 is 9.79 Å². The first-order chi connectivity index (χ1) is 5.12. The summed E-state index contributed by atoms with van der Waals surface area (Å²) < 4.78 is 29.2. The predicted octanol–water partition coefficient (Wildman–Crippen LogP) is 0.587. The van der Waals surface area contributed by atoms with E-state index in [0.717, 1.165) is 0 Å². The van der Waals surface area contributed by atoms with E-state index in [1.165, 1.54) is 13.8 Å². The molecule has 0 aromatic rings. The standard InChI is InChI=1S/C3H11NO6P2/c1-3(2)9-11(4,5)10-12(6,7)8/h3H,1-2H3,(H2,4,5)(H2,6,7,8). The molecular weight excluding hydrogens is 208 g/mol. The van der Waals surface area contributed by atoms with Crippen LogP contribution in [0.5, 0.6) is 0 Å². The fraction of sp³-hybridized carbons (Fsp3) is 1.00. The highest BCUT2D eigenvalue weighted by molar-refractivity contribution is 7.62. The Kier molecular flexibility index (Phi) is 4.07. The first kappa shape index (κ1) is 12.3. The molecule has 1 atom stereocenters. The second-order valence-electron chi connectivity index (χ2n) is 2.27. The van der Waals surface area contributed by atoms with E-state index in [9.17, 15) is 9.13 Å². The highest BCUT2D eigenvalue weighted by Crippen LogP contribution is 2.55. The monoisotopic (exact) mass is 219 g/mol. The van der Waals surface area contributed by atoms with E-state index in [1.807, 2.05) is 0 Å². The van der Waals surface area contributed by atoms with Crippen molar-refractivity contribution in [3.8, 4) is 0 Å². The molecule has 0 saturated heterocycles. The van der Waals surface area contributed by atoms with Gasteiger partial charge in [-0.1, -0.05) is 0 Å². The van der Waals surface area contributed by atoms with Gasteiger partial charge in [-0.25, -0.2) is 14.6 Å². The van der Waals surface area contributed by atoms with Gasteiger partial charge in [0.05, 0.1) is 6.10 Å². The lowest BCUT2D eigenvalue weighted by Gasteiger charge is -2.15. The molecule has 1 unspecified atom stereocenters. The van der Waals surface area contributed by atoms with Crippen LogP contribution in [0.4, 0.5) is 0 Å². The predicted molar refractivity (Wildman–Crippen MR) is 41.1 cm³/mol. The maximum Gasteiger partial charge on any atom is 0.477 e. The third-order valence-corrected chi connectivity index (χ3v) is 3.05. The summed E-state index contributed by atoms with van der Waals surface area (Å²) in [6.07, 6.45) is -0.535. The Labute approximate surface area is 69.7 Å². The van der Waals surface area contributed by atoms with E-state index in [1.54, 1.807) is 0 Å². The second kappa shape index (κ2) is 3.98. The molecule has 0 bridgehead atoms. The summed E-state index contributed by atoms with van der Waals surface area (Å²) in [5, 5.41) is 0. The number of rotatable bonds is 4. The Bertz CT molecular complexity index is 233. The van der Waals surface area contributed by atoms with Crippen LogP contribution in [0, 0.1) is 0 Å². The smallest absolute Gasteiger partial charge is 0.302 e. The molecule has 0 fully saturated rings. The molecule has 0 rings (SSSR count). The normalized spacial score (nSPS) is 17.8. The molecule has 7 nitrogen and oxygen atoms in total. The molecular formula is C3H11NO6P2. The SMILES string of the molecule is CC(C)OP(N)(=O)OP(=O)(O)O. The van der Waals surface area contributed by atoms with Crippen LogP contribution < -0.4 is 5.50 Å². The second-order valence-corrected chi connectivity index (χ2v) is 5.19. The Morgan fingerprint density at radius 2 is 1.75 bits per heavy atom. The van der Waals surface area contributed by atoms with Crippen LogP contribution in [0.3, 0.4) is 0 Å². The Hall–Kier alpha value is 0.260. The van der Waals surface area contributed by atoms with Crippen molar-refractivity contribution >= 4 is 15.6 Å². The van der Waals surface area contributed by atoms with E-state index < -0.39 is 21.7 Å². The van der Waals surface area contributed by atoms with Gasteiger partial charge in [0.15, 0.2) is 0 Å². The summed E-state index contributed by atoms with van der Waals surface area (Å²) in [4.78, 5) is 16.4. The molecule has 9 heteroatoms. The molecule has 0 aliphatic rings. The van der Waals surface area contributed by atoms with Crippen molar-refractivity contribution in [1.82, 2.24) is 0 Å². The van der Waals surface area contributed by atoms with Gasteiger partial charge in [-0.2, -0.15) is 4.31 Å². The lowest BCUT2D eigenvalue weighted by atomic mass is 10.5. The van der Waals surface area contributed by atoms with E-state index in [0.29, 0.717) is 0 Å². The van der Waals surface area contributed by atoms with Crippen molar-refractivity contribution in [2.45, 2.75) is 20.0 Å². The van der Waals surface area contributed by atoms with E-state index in [4.69, 9.17) is 15.3 Å². The van der Waals surface area contributed by atoms with Crippen molar-refractivity contribution in [3.05, 3.63) is 0 Å². The van der Waals surface area contributed by atoms with Crippen LogP contribution in [-0.4, -0.2) is 15.9 Å². The Morgan fingerprint density at radius 1 is 1.33 bits per heavy atom.